The summed E-state index contributed by atoms with van der Waals surface area (Å²) in [5.41, 5.74) is 2.39. The summed E-state index contributed by atoms with van der Waals surface area (Å²) in [5.74, 6) is -1.63. The fourth-order valence-electron chi connectivity index (χ4n) is 5.54. The van der Waals surface area contributed by atoms with Gasteiger partial charge in [-0.05, 0) is 49.1 Å². The van der Waals surface area contributed by atoms with E-state index in [4.69, 9.17) is 5.10 Å². The maximum Gasteiger partial charge on any atom is 0.242 e. The van der Waals surface area contributed by atoms with Crippen molar-refractivity contribution in [2.75, 3.05) is 30.3 Å². The molecule has 2 amide bonds. The molecule has 2 aliphatic heterocycles. The number of hydrogen-bond acceptors (Lipinski definition) is 4. The Hall–Kier alpha value is -4.05. The number of carbonyl (C=O) groups excluding carboxylic acids is 2. The van der Waals surface area contributed by atoms with Crippen LogP contribution in [0.25, 0.3) is 16.9 Å². The smallest absolute Gasteiger partial charge is 0.242 e. The predicted molar refractivity (Wildman–Crippen MR) is 157 cm³/mol. The minimum absolute atomic E-state index is 0.0435. The highest BCUT2D eigenvalue weighted by atomic mass is 32.2. The Labute approximate surface area is 246 Å². The highest BCUT2D eigenvalue weighted by Crippen LogP contribution is 2.49. The molecule has 4 aromatic rings. The Morgan fingerprint density at radius 2 is 1.64 bits per heavy atom. The van der Waals surface area contributed by atoms with Crippen molar-refractivity contribution in [3.05, 3.63) is 101 Å². The van der Waals surface area contributed by atoms with Crippen molar-refractivity contribution in [2.45, 2.75) is 25.0 Å². The molecule has 10 heteroatoms. The maximum absolute atomic E-state index is 15.4. The first-order valence-electron chi connectivity index (χ1n) is 13.9. The first-order chi connectivity index (χ1) is 20.3. The van der Waals surface area contributed by atoms with Crippen molar-refractivity contribution in [1.29, 1.82) is 0 Å². The molecule has 0 bridgehead atoms. The summed E-state index contributed by atoms with van der Waals surface area (Å²) in [6, 6.07) is 18.3. The molecular formula is C32H29F3N4O2S. The van der Waals surface area contributed by atoms with Crippen LogP contribution in [0.2, 0.25) is 0 Å². The first-order valence-corrected chi connectivity index (χ1v) is 14.9. The summed E-state index contributed by atoms with van der Waals surface area (Å²) in [6.45, 7) is 3.16. The monoisotopic (exact) mass is 590 g/mol. The van der Waals surface area contributed by atoms with E-state index in [0.717, 1.165) is 18.9 Å². The Bertz CT molecular complexity index is 1620. The molecule has 0 aliphatic carbocycles. The van der Waals surface area contributed by atoms with Crippen LogP contribution in [0.4, 0.5) is 19.0 Å². The van der Waals surface area contributed by atoms with Gasteiger partial charge in [-0.15, -0.1) is 11.8 Å². The Kier molecular flexibility index (Phi) is 7.81. The fraction of sp³-hybridized carbons (Fsp3) is 0.281. The summed E-state index contributed by atoms with van der Waals surface area (Å²) < 4.78 is 44.8. The number of carbonyl (C=O) groups is 2. The van der Waals surface area contributed by atoms with E-state index in [2.05, 4.69) is 6.92 Å². The molecule has 1 atom stereocenters. The number of piperidine rings is 1. The molecule has 6 rings (SSSR count). The third kappa shape index (κ3) is 5.43. The zero-order valence-corrected chi connectivity index (χ0v) is 23.8. The van der Waals surface area contributed by atoms with Gasteiger partial charge < -0.3 is 4.90 Å². The molecular weight excluding hydrogens is 561 g/mol. The second kappa shape index (κ2) is 11.7. The second-order valence-corrected chi connectivity index (χ2v) is 11.8. The van der Waals surface area contributed by atoms with Crippen molar-refractivity contribution in [3.8, 4) is 16.9 Å². The third-order valence-electron chi connectivity index (χ3n) is 7.88. The minimum Gasteiger partial charge on any atom is -0.341 e. The summed E-state index contributed by atoms with van der Waals surface area (Å²) in [7, 11) is 0. The van der Waals surface area contributed by atoms with Gasteiger partial charge in [-0.2, -0.15) is 5.10 Å². The van der Waals surface area contributed by atoms with Gasteiger partial charge in [0, 0.05) is 35.8 Å². The van der Waals surface area contributed by atoms with Crippen molar-refractivity contribution in [3.63, 3.8) is 0 Å². The van der Waals surface area contributed by atoms with Gasteiger partial charge in [-0.25, -0.2) is 17.9 Å². The lowest BCUT2D eigenvalue weighted by Crippen LogP contribution is -2.46. The standard InChI is InChI=1S/C32H29F3N4O2S/c1-20-13-15-37(16-14-20)27(40)18-38-28(41)19-42-31(25-12-9-23(34)17-26(25)35)29-30(21-5-3-2-4-6-21)36-39(32(29)38)24-10-7-22(33)8-11-24/h2-12,17,20,31H,13-16,18-19H2,1H3. The highest BCUT2D eigenvalue weighted by Gasteiger charge is 2.39. The van der Waals surface area contributed by atoms with E-state index in [1.165, 1.54) is 45.6 Å². The van der Waals surface area contributed by atoms with Crippen LogP contribution in [0.15, 0.2) is 72.8 Å². The molecule has 0 N–H and O–H groups in total. The first kappa shape index (κ1) is 28.1. The SMILES string of the molecule is CC1CCN(C(=O)CN2C(=O)CSC(c3ccc(F)cc3F)c3c(-c4ccccc4)nn(-c4ccc(F)cc4)c32)CC1. The summed E-state index contributed by atoms with van der Waals surface area (Å²) in [4.78, 5) is 30.6. The molecule has 1 saturated heterocycles. The topological polar surface area (TPSA) is 58.4 Å². The van der Waals surface area contributed by atoms with Crippen LogP contribution in [-0.2, 0) is 9.59 Å². The fourth-order valence-corrected chi connectivity index (χ4v) is 6.76. The quantitative estimate of drug-likeness (QED) is 0.271. The number of aromatic nitrogens is 2. The lowest BCUT2D eigenvalue weighted by molar-refractivity contribution is -0.132. The van der Waals surface area contributed by atoms with E-state index in [1.807, 2.05) is 30.3 Å². The van der Waals surface area contributed by atoms with Gasteiger partial charge in [0.2, 0.25) is 11.8 Å². The second-order valence-electron chi connectivity index (χ2n) is 10.7. The van der Waals surface area contributed by atoms with Crippen molar-refractivity contribution < 1.29 is 22.8 Å². The number of halogens is 3. The molecule has 2 aliphatic rings. The van der Waals surface area contributed by atoms with Crippen molar-refractivity contribution in [1.82, 2.24) is 14.7 Å². The van der Waals surface area contributed by atoms with Crippen molar-refractivity contribution in [2.24, 2.45) is 5.92 Å². The van der Waals surface area contributed by atoms with Crippen LogP contribution in [0.5, 0.6) is 0 Å². The lowest BCUT2D eigenvalue weighted by atomic mass is 9.98. The van der Waals surface area contributed by atoms with Crippen LogP contribution in [0, 0.1) is 23.4 Å². The molecule has 0 radical (unpaired) electrons. The van der Waals surface area contributed by atoms with Gasteiger partial charge in [-0.1, -0.05) is 43.3 Å². The largest absolute Gasteiger partial charge is 0.341 e. The third-order valence-corrected chi connectivity index (χ3v) is 9.12. The average Bonchev–Trinajstić information content (AvgIpc) is 3.31. The van der Waals surface area contributed by atoms with Gasteiger partial charge in [-0.3, -0.25) is 14.5 Å². The Balaban J connectivity index is 1.57. The number of fused-ring (bicyclic) bond motifs is 1. The summed E-state index contributed by atoms with van der Waals surface area (Å²) in [5, 5.41) is 4.16. The van der Waals surface area contributed by atoms with Crippen LogP contribution < -0.4 is 4.90 Å². The van der Waals surface area contributed by atoms with Crippen molar-refractivity contribution >= 4 is 29.4 Å². The van der Waals surface area contributed by atoms with E-state index in [0.29, 0.717) is 47.3 Å². The van der Waals surface area contributed by atoms with Crippen LogP contribution >= 0.6 is 11.8 Å². The lowest BCUT2D eigenvalue weighted by Gasteiger charge is -2.32. The molecule has 3 aromatic carbocycles. The zero-order valence-electron chi connectivity index (χ0n) is 23.0. The summed E-state index contributed by atoms with van der Waals surface area (Å²) >= 11 is 1.20. The number of likely N-dealkylation sites (tertiary alicyclic amines) is 1. The number of benzene rings is 3. The molecule has 0 saturated carbocycles. The molecule has 1 fully saturated rings. The van der Waals surface area contributed by atoms with E-state index in [-0.39, 0.29) is 29.7 Å². The normalized spacial score (nSPS) is 17.7. The van der Waals surface area contributed by atoms with Gasteiger partial charge in [0.25, 0.3) is 0 Å². The van der Waals surface area contributed by atoms with Gasteiger partial charge >= 0.3 is 0 Å². The average molecular weight is 591 g/mol. The number of amides is 2. The van der Waals surface area contributed by atoms with Crippen LogP contribution in [0.3, 0.4) is 0 Å². The number of anilines is 1. The number of rotatable bonds is 5. The number of thioether (sulfide) groups is 1. The molecule has 0 spiro atoms. The van der Waals surface area contributed by atoms with E-state index >= 15 is 4.39 Å². The van der Waals surface area contributed by atoms with Gasteiger partial charge in [0.05, 0.1) is 22.4 Å². The van der Waals surface area contributed by atoms with E-state index in [1.54, 1.807) is 17.0 Å². The summed E-state index contributed by atoms with van der Waals surface area (Å²) in [6.07, 6.45) is 1.77. The van der Waals surface area contributed by atoms with E-state index in [9.17, 15) is 18.4 Å². The van der Waals surface area contributed by atoms with Gasteiger partial charge in [0.1, 0.15) is 29.8 Å². The maximum atomic E-state index is 15.4. The Morgan fingerprint density at radius 1 is 0.952 bits per heavy atom. The molecule has 1 unspecified atom stereocenters. The number of nitrogens with zero attached hydrogens (tertiary/aromatic N) is 4. The molecule has 1 aromatic heterocycles. The van der Waals surface area contributed by atoms with Gasteiger partial charge in [0.15, 0.2) is 0 Å². The molecule has 216 valence electrons. The van der Waals surface area contributed by atoms with Crippen LogP contribution in [-0.4, -0.2) is 51.9 Å². The zero-order chi connectivity index (χ0) is 29.4. The van der Waals surface area contributed by atoms with Crippen LogP contribution in [0.1, 0.15) is 36.1 Å². The predicted octanol–water partition coefficient (Wildman–Crippen LogP) is 6.38. The van der Waals surface area contributed by atoms with E-state index < -0.39 is 22.7 Å². The molecule has 3 heterocycles. The highest BCUT2D eigenvalue weighted by molar-refractivity contribution is 8.00. The molecule has 42 heavy (non-hydrogen) atoms. The number of hydrogen-bond donors (Lipinski definition) is 0. The Morgan fingerprint density at radius 3 is 2.33 bits per heavy atom. The minimum atomic E-state index is -0.745. The molecule has 6 nitrogen and oxygen atoms in total.